The average molecular weight is 368 g/mol. The Hall–Kier alpha value is -2.93. The standard InChI is InChI=1S/C19H20N4O2S/c1-19(2,3)25-14-7-4-12(5-8-14)11-21-23-17(24)13-6-9-15-16(10-13)26-18(20)22-15/h4-11H,1-3H3,(H2,20,22)(H,23,24)/b21-11-. The van der Waals surface area contributed by atoms with Gasteiger partial charge in [-0.1, -0.05) is 11.3 Å². The lowest BCUT2D eigenvalue weighted by Gasteiger charge is -2.21. The molecule has 0 aliphatic heterocycles. The van der Waals surface area contributed by atoms with Gasteiger partial charge in [-0.25, -0.2) is 10.4 Å². The third-order valence-corrected chi connectivity index (χ3v) is 4.20. The summed E-state index contributed by atoms with van der Waals surface area (Å²) in [6.07, 6.45) is 1.59. The maximum absolute atomic E-state index is 12.2. The zero-order valence-electron chi connectivity index (χ0n) is 14.8. The van der Waals surface area contributed by atoms with Gasteiger partial charge in [0, 0.05) is 5.56 Å². The van der Waals surface area contributed by atoms with Crippen LogP contribution in [-0.2, 0) is 0 Å². The first-order valence-corrected chi connectivity index (χ1v) is 8.90. The minimum absolute atomic E-state index is 0.243. The van der Waals surface area contributed by atoms with Crippen molar-refractivity contribution in [2.45, 2.75) is 26.4 Å². The number of nitrogens with zero attached hydrogens (tertiary/aromatic N) is 2. The Labute approximate surface area is 155 Å². The number of hydrazone groups is 1. The molecule has 6 nitrogen and oxygen atoms in total. The molecule has 0 saturated heterocycles. The summed E-state index contributed by atoms with van der Waals surface area (Å²) >= 11 is 1.35. The summed E-state index contributed by atoms with van der Waals surface area (Å²) in [5.41, 5.74) is 10.1. The highest BCUT2D eigenvalue weighted by Gasteiger charge is 2.11. The van der Waals surface area contributed by atoms with E-state index in [4.69, 9.17) is 10.5 Å². The lowest BCUT2D eigenvalue weighted by Crippen LogP contribution is -2.22. The van der Waals surface area contributed by atoms with Gasteiger partial charge < -0.3 is 10.5 Å². The number of amides is 1. The Morgan fingerprint density at radius 2 is 1.96 bits per heavy atom. The van der Waals surface area contributed by atoms with Crippen molar-refractivity contribution in [3.8, 4) is 5.75 Å². The van der Waals surface area contributed by atoms with Gasteiger partial charge in [0.2, 0.25) is 0 Å². The molecule has 0 unspecified atom stereocenters. The van der Waals surface area contributed by atoms with E-state index in [1.807, 2.05) is 45.0 Å². The Kier molecular flexibility index (Phi) is 4.90. The van der Waals surface area contributed by atoms with E-state index >= 15 is 0 Å². The number of hydrogen-bond donors (Lipinski definition) is 2. The summed E-state index contributed by atoms with van der Waals surface area (Å²) in [4.78, 5) is 16.4. The van der Waals surface area contributed by atoms with Crippen LogP contribution < -0.4 is 15.9 Å². The fraction of sp³-hybridized carbons (Fsp3) is 0.211. The second-order valence-corrected chi connectivity index (χ2v) is 7.78. The fourth-order valence-corrected chi connectivity index (χ4v) is 3.06. The van der Waals surface area contributed by atoms with Gasteiger partial charge in [0.1, 0.15) is 11.4 Å². The lowest BCUT2D eigenvalue weighted by atomic mass is 10.2. The summed E-state index contributed by atoms with van der Waals surface area (Å²) in [6.45, 7) is 5.99. The fourth-order valence-electron chi connectivity index (χ4n) is 2.29. The van der Waals surface area contributed by atoms with Gasteiger partial charge in [-0.3, -0.25) is 4.79 Å². The minimum atomic E-state index is -0.289. The second-order valence-electron chi connectivity index (χ2n) is 6.72. The predicted molar refractivity (Wildman–Crippen MR) is 106 cm³/mol. The van der Waals surface area contributed by atoms with Crippen molar-refractivity contribution in [2.24, 2.45) is 5.10 Å². The van der Waals surface area contributed by atoms with Crippen LogP contribution in [0.3, 0.4) is 0 Å². The van der Waals surface area contributed by atoms with E-state index in [1.54, 1.807) is 24.4 Å². The number of benzene rings is 2. The van der Waals surface area contributed by atoms with Gasteiger partial charge in [0.15, 0.2) is 5.13 Å². The van der Waals surface area contributed by atoms with E-state index in [0.717, 1.165) is 21.5 Å². The molecule has 0 fully saturated rings. The summed E-state index contributed by atoms with van der Waals surface area (Å²) < 4.78 is 6.64. The van der Waals surface area contributed by atoms with Gasteiger partial charge in [-0.2, -0.15) is 5.10 Å². The van der Waals surface area contributed by atoms with Crippen LogP contribution in [0.4, 0.5) is 5.13 Å². The highest BCUT2D eigenvalue weighted by Crippen LogP contribution is 2.24. The van der Waals surface area contributed by atoms with Crippen LogP contribution in [0.5, 0.6) is 5.75 Å². The molecule has 0 bridgehead atoms. The molecule has 1 heterocycles. The van der Waals surface area contributed by atoms with E-state index < -0.39 is 0 Å². The Morgan fingerprint density at radius 1 is 1.23 bits per heavy atom. The van der Waals surface area contributed by atoms with Crippen molar-refractivity contribution in [3.63, 3.8) is 0 Å². The quantitative estimate of drug-likeness (QED) is 0.541. The van der Waals surface area contributed by atoms with Crippen molar-refractivity contribution in [3.05, 3.63) is 53.6 Å². The van der Waals surface area contributed by atoms with Crippen molar-refractivity contribution in [1.29, 1.82) is 0 Å². The number of thiazole rings is 1. The number of nitrogens with one attached hydrogen (secondary N) is 1. The zero-order valence-corrected chi connectivity index (χ0v) is 15.6. The van der Waals surface area contributed by atoms with Crippen LogP contribution in [0.2, 0.25) is 0 Å². The van der Waals surface area contributed by atoms with Crippen molar-refractivity contribution in [2.75, 3.05) is 5.73 Å². The Bertz CT molecular complexity index is 956. The summed E-state index contributed by atoms with van der Waals surface area (Å²) in [5, 5.41) is 4.49. The Morgan fingerprint density at radius 3 is 2.65 bits per heavy atom. The van der Waals surface area contributed by atoms with Crippen LogP contribution in [0.15, 0.2) is 47.6 Å². The van der Waals surface area contributed by atoms with Crippen molar-refractivity contribution < 1.29 is 9.53 Å². The lowest BCUT2D eigenvalue weighted by molar-refractivity contribution is 0.0955. The molecule has 26 heavy (non-hydrogen) atoms. The van der Waals surface area contributed by atoms with Gasteiger partial charge in [-0.15, -0.1) is 0 Å². The number of fused-ring (bicyclic) bond motifs is 1. The van der Waals surface area contributed by atoms with Gasteiger partial charge in [0.05, 0.1) is 16.4 Å². The first-order valence-electron chi connectivity index (χ1n) is 8.09. The molecule has 3 rings (SSSR count). The smallest absolute Gasteiger partial charge is 0.271 e. The van der Waals surface area contributed by atoms with E-state index in [1.165, 1.54) is 11.3 Å². The molecule has 0 aliphatic rings. The summed E-state index contributed by atoms with van der Waals surface area (Å²) in [7, 11) is 0. The number of nitrogens with two attached hydrogens (primary N) is 1. The number of carbonyl (C=O) groups is 1. The maximum atomic E-state index is 12.2. The topological polar surface area (TPSA) is 89.6 Å². The normalized spacial score (nSPS) is 11.8. The van der Waals surface area contributed by atoms with Crippen LogP contribution in [0, 0.1) is 0 Å². The van der Waals surface area contributed by atoms with Crippen LogP contribution in [-0.4, -0.2) is 22.7 Å². The van der Waals surface area contributed by atoms with E-state index in [0.29, 0.717) is 10.7 Å². The number of ether oxygens (including phenoxy) is 1. The zero-order chi connectivity index (χ0) is 18.7. The number of carbonyl (C=O) groups excluding carboxylic acids is 1. The SMILES string of the molecule is CC(C)(C)Oc1ccc(/C=N\NC(=O)c2ccc3nc(N)sc3c2)cc1. The van der Waals surface area contributed by atoms with Crippen LogP contribution in [0.1, 0.15) is 36.7 Å². The first-order chi connectivity index (χ1) is 12.3. The molecule has 0 spiro atoms. The summed E-state index contributed by atoms with van der Waals surface area (Å²) in [5.74, 6) is 0.499. The first kappa shape index (κ1) is 17.9. The number of hydrogen-bond acceptors (Lipinski definition) is 6. The van der Waals surface area contributed by atoms with Crippen LogP contribution in [0.25, 0.3) is 10.2 Å². The third-order valence-electron chi connectivity index (χ3n) is 3.35. The maximum Gasteiger partial charge on any atom is 0.271 e. The highest BCUT2D eigenvalue weighted by atomic mass is 32.1. The molecule has 7 heteroatoms. The van der Waals surface area contributed by atoms with E-state index in [2.05, 4.69) is 15.5 Å². The second kappa shape index (κ2) is 7.13. The third kappa shape index (κ3) is 4.58. The average Bonchev–Trinajstić information content (AvgIpc) is 2.94. The minimum Gasteiger partial charge on any atom is -0.488 e. The molecule has 3 aromatic rings. The molecule has 0 atom stereocenters. The summed E-state index contributed by atoms with van der Waals surface area (Å²) in [6, 6.07) is 12.7. The van der Waals surface area contributed by atoms with Gasteiger partial charge in [0.25, 0.3) is 5.91 Å². The van der Waals surface area contributed by atoms with Gasteiger partial charge in [-0.05, 0) is 68.8 Å². The number of anilines is 1. The molecule has 0 aliphatic carbocycles. The van der Waals surface area contributed by atoms with Crippen LogP contribution >= 0.6 is 11.3 Å². The van der Waals surface area contributed by atoms with Crippen molar-refractivity contribution >= 4 is 38.8 Å². The monoisotopic (exact) mass is 368 g/mol. The molecule has 2 aromatic carbocycles. The van der Waals surface area contributed by atoms with Gasteiger partial charge >= 0.3 is 0 Å². The molecule has 1 aromatic heterocycles. The molecular weight excluding hydrogens is 348 g/mol. The molecule has 134 valence electrons. The number of nitrogen functional groups attached to an aromatic ring is 1. The predicted octanol–water partition coefficient (Wildman–Crippen LogP) is 3.82. The largest absolute Gasteiger partial charge is 0.488 e. The molecule has 0 radical (unpaired) electrons. The number of aromatic nitrogens is 1. The van der Waals surface area contributed by atoms with Crippen molar-refractivity contribution in [1.82, 2.24) is 10.4 Å². The van der Waals surface area contributed by atoms with E-state index in [-0.39, 0.29) is 11.5 Å². The molecular formula is C19H20N4O2S. The highest BCUT2D eigenvalue weighted by molar-refractivity contribution is 7.22. The molecule has 3 N–H and O–H groups in total. The number of rotatable bonds is 4. The molecule has 0 saturated carbocycles. The Balaban J connectivity index is 1.62. The van der Waals surface area contributed by atoms with E-state index in [9.17, 15) is 4.79 Å². The molecule has 1 amide bonds.